The molecule has 1 aliphatic carbocycles. The molecule has 0 N–H and O–H groups in total. The van der Waals surface area contributed by atoms with Crippen molar-refractivity contribution in [2.45, 2.75) is 39.0 Å². The van der Waals surface area contributed by atoms with Crippen LogP contribution in [-0.2, 0) is 6.42 Å². The number of halogens is 1. The van der Waals surface area contributed by atoms with Gasteiger partial charge in [-0.25, -0.2) is 0 Å². The fraction of sp³-hybridized carbons (Fsp3) is 0.571. The number of hydrogen-bond acceptors (Lipinski definition) is 0. The molecule has 1 aromatic rings. The summed E-state index contributed by atoms with van der Waals surface area (Å²) >= 11 is 2.37. The highest BCUT2D eigenvalue weighted by atomic mass is 127. The summed E-state index contributed by atoms with van der Waals surface area (Å²) in [6, 6.07) is 9.03. The van der Waals surface area contributed by atoms with Gasteiger partial charge < -0.3 is 0 Å². The first-order valence-electron chi connectivity index (χ1n) is 5.98. The lowest BCUT2D eigenvalue weighted by molar-refractivity contribution is 0.289. The molecular weight excluding hydrogens is 295 g/mol. The van der Waals surface area contributed by atoms with E-state index in [9.17, 15) is 0 Å². The second kappa shape index (κ2) is 5.33. The minimum Gasteiger partial charge on any atom is -0.0625 e. The molecule has 0 radical (unpaired) electrons. The molecule has 1 heteroatoms. The van der Waals surface area contributed by atoms with Crippen molar-refractivity contribution in [2.24, 2.45) is 11.8 Å². The molecule has 0 aromatic heterocycles. The summed E-state index contributed by atoms with van der Waals surface area (Å²) in [5.74, 6) is 1.92. The lowest BCUT2D eigenvalue weighted by atomic mass is 9.80. The van der Waals surface area contributed by atoms with Crippen LogP contribution in [0.4, 0.5) is 0 Å². The van der Waals surface area contributed by atoms with Gasteiger partial charge in [0.25, 0.3) is 0 Å². The quantitative estimate of drug-likeness (QED) is 0.697. The first-order chi connectivity index (χ1) is 7.24. The highest BCUT2D eigenvalue weighted by molar-refractivity contribution is 14.1. The van der Waals surface area contributed by atoms with Gasteiger partial charge in [0.1, 0.15) is 0 Å². The standard InChI is InChI=1S/C14H19I/c1-11-2-4-12(5-3-11)10-13-6-8-14(15)9-7-13/h6-9,11-12H,2-5,10H2,1H3. The Morgan fingerprint density at radius 2 is 1.67 bits per heavy atom. The van der Waals surface area contributed by atoms with Crippen LogP contribution in [0.25, 0.3) is 0 Å². The largest absolute Gasteiger partial charge is 0.0625 e. The summed E-state index contributed by atoms with van der Waals surface area (Å²) in [6.07, 6.45) is 7.05. The summed E-state index contributed by atoms with van der Waals surface area (Å²) in [5.41, 5.74) is 1.52. The van der Waals surface area contributed by atoms with Crippen LogP contribution in [0.1, 0.15) is 38.2 Å². The van der Waals surface area contributed by atoms with Gasteiger partial charge in [-0.15, -0.1) is 0 Å². The van der Waals surface area contributed by atoms with E-state index in [1.54, 1.807) is 0 Å². The third kappa shape index (κ3) is 3.47. The zero-order valence-electron chi connectivity index (χ0n) is 9.38. The first kappa shape index (κ1) is 11.4. The molecule has 0 nitrogen and oxygen atoms in total. The van der Waals surface area contributed by atoms with Crippen LogP contribution in [-0.4, -0.2) is 0 Å². The molecule has 1 saturated carbocycles. The van der Waals surface area contributed by atoms with Crippen LogP contribution in [0.15, 0.2) is 24.3 Å². The Hall–Kier alpha value is -0.0500. The van der Waals surface area contributed by atoms with E-state index in [1.165, 1.54) is 41.2 Å². The predicted octanol–water partition coefficient (Wildman–Crippen LogP) is 4.66. The fourth-order valence-electron chi connectivity index (χ4n) is 2.49. The maximum Gasteiger partial charge on any atom is 0.0130 e. The molecular formula is C14H19I. The van der Waals surface area contributed by atoms with Crippen molar-refractivity contribution in [1.29, 1.82) is 0 Å². The van der Waals surface area contributed by atoms with Crippen molar-refractivity contribution in [3.05, 3.63) is 33.4 Å². The van der Waals surface area contributed by atoms with E-state index in [1.807, 2.05) is 0 Å². The monoisotopic (exact) mass is 314 g/mol. The Morgan fingerprint density at radius 1 is 1.07 bits per heavy atom. The van der Waals surface area contributed by atoms with E-state index in [0.717, 1.165) is 11.8 Å². The summed E-state index contributed by atoms with van der Waals surface area (Å²) in [6.45, 7) is 2.39. The molecule has 0 aliphatic heterocycles. The molecule has 0 bridgehead atoms. The molecule has 82 valence electrons. The van der Waals surface area contributed by atoms with E-state index >= 15 is 0 Å². The minimum atomic E-state index is 0.946. The van der Waals surface area contributed by atoms with Crippen LogP contribution in [0.3, 0.4) is 0 Å². The van der Waals surface area contributed by atoms with E-state index in [4.69, 9.17) is 0 Å². The molecule has 0 spiro atoms. The number of hydrogen-bond donors (Lipinski definition) is 0. The van der Waals surface area contributed by atoms with Crippen molar-refractivity contribution < 1.29 is 0 Å². The van der Waals surface area contributed by atoms with Gasteiger partial charge in [-0.2, -0.15) is 0 Å². The topological polar surface area (TPSA) is 0 Å². The van der Waals surface area contributed by atoms with Crippen molar-refractivity contribution in [2.75, 3.05) is 0 Å². The molecule has 2 rings (SSSR count). The molecule has 1 aliphatic rings. The maximum atomic E-state index is 2.39. The highest BCUT2D eigenvalue weighted by Gasteiger charge is 2.18. The normalized spacial score (nSPS) is 26.5. The van der Waals surface area contributed by atoms with E-state index < -0.39 is 0 Å². The Labute approximate surface area is 107 Å². The molecule has 0 unspecified atom stereocenters. The minimum absolute atomic E-state index is 0.946. The van der Waals surface area contributed by atoms with Gasteiger partial charge in [-0.3, -0.25) is 0 Å². The Bertz CT molecular complexity index is 294. The van der Waals surface area contributed by atoms with Crippen molar-refractivity contribution in [3.8, 4) is 0 Å². The SMILES string of the molecule is CC1CCC(Cc2ccc(I)cc2)CC1. The molecule has 1 aromatic carbocycles. The van der Waals surface area contributed by atoms with Gasteiger partial charge in [-0.05, 0) is 71.4 Å². The van der Waals surface area contributed by atoms with E-state index in [-0.39, 0.29) is 0 Å². The third-order valence-electron chi connectivity index (χ3n) is 3.57. The average molecular weight is 314 g/mol. The van der Waals surface area contributed by atoms with Gasteiger partial charge in [-0.1, -0.05) is 31.9 Å². The van der Waals surface area contributed by atoms with Crippen LogP contribution in [0.2, 0.25) is 0 Å². The smallest absolute Gasteiger partial charge is 0.0130 e. The van der Waals surface area contributed by atoms with Gasteiger partial charge in [0.2, 0.25) is 0 Å². The Balaban J connectivity index is 1.89. The predicted molar refractivity (Wildman–Crippen MR) is 74.0 cm³/mol. The molecule has 0 heterocycles. The molecule has 1 fully saturated rings. The molecule has 0 amide bonds. The Morgan fingerprint density at radius 3 is 2.27 bits per heavy atom. The van der Waals surface area contributed by atoms with Gasteiger partial charge in [0, 0.05) is 3.57 Å². The van der Waals surface area contributed by atoms with Crippen molar-refractivity contribution >= 4 is 22.6 Å². The second-order valence-electron chi connectivity index (χ2n) is 4.96. The summed E-state index contributed by atoms with van der Waals surface area (Å²) < 4.78 is 1.34. The zero-order chi connectivity index (χ0) is 10.7. The first-order valence-corrected chi connectivity index (χ1v) is 7.06. The second-order valence-corrected chi connectivity index (χ2v) is 6.20. The summed E-state index contributed by atoms with van der Waals surface area (Å²) in [4.78, 5) is 0. The molecule has 15 heavy (non-hydrogen) atoms. The third-order valence-corrected chi connectivity index (χ3v) is 4.29. The van der Waals surface area contributed by atoms with Crippen LogP contribution >= 0.6 is 22.6 Å². The fourth-order valence-corrected chi connectivity index (χ4v) is 2.85. The van der Waals surface area contributed by atoms with Crippen LogP contribution < -0.4 is 0 Å². The molecule has 0 saturated heterocycles. The lowest BCUT2D eigenvalue weighted by Gasteiger charge is -2.26. The van der Waals surface area contributed by atoms with Gasteiger partial charge in [0.15, 0.2) is 0 Å². The maximum absolute atomic E-state index is 2.39. The van der Waals surface area contributed by atoms with Gasteiger partial charge in [0.05, 0.1) is 0 Å². The number of benzene rings is 1. The van der Waals surface area contributed by atoms with Crippen LogP contribution in [0.5, 0.6) is 0 Å². The lowest BCUT2D eigenvalue weighted by Crippen LogP contribution is -2.14. The average Bonchev–Trinajstić information content (AvgIpc) is 2.25. The van der Waals surface area contributed by atoms with Gasteiger partial charge >= 0.3 is 0 Å². The Kier molecular flexibility index (Phi) is 4.06. The molecule has 0 atom stereocenters. The van der Waals surface area contributed by atoms with Crippen LogP contribution in [0, 0.1) is 15.4 Å². The van der Waals surface area contributed by atoms with E-state index in [2.05, 4.69) is 53.8 Å². The summed E-state index contributed by atoms with van der Waals surface area (Å²) in [5, 5.41) is 0. The zero-order valence-corrected chi connectivity index (χ0v) is 11.5. The van der Waals surface area contributed by atoms with Crippen molar-refractivity contribution in [1.82, 2.24) is 0 Å². The summed E-state index contributed by atoms with van der Waals surface area (Å²) in [7, 11) is 0. The highest BCUT2D eigenvalue weighted by Crippen LogP contribution is 2.30. The number of rotatable bonds is 2. The van der Waals surface area contributed by atoms with E-state index in [0.29, 0.717) is 0 Å². The van der Waals surface area contributed by atoms with Crippen molar-refractivity contribution in [3.63, 3.8) is 0 Å².